The average Bonchev–Trinajstić information content (AvgIpc) is 2.39. The van der Waals surface area contributed by atoms with Gasteiger partial charge in [-0.3, -0.25) is 9.59 Å². The SMILES string of the molecule is NC(=O)C(C(N)=O)c1cccc(Oc2ccccc2)c1. The van der Waals surface area contributed by atoms with Gasteiger partial charge in [0, 0.05) is 0 Å². The summed E-state index contributed by atoms with van der Waals surface area (Å²) in [6.45, 7) is 0. The Hall–Kier alpha value is -2.82. The highest BCUT2D eigenvalue weighted by molar-refractivity contribution is 6.04. The van der Waals surface area contributed by atoms with E-state index in [4.69, 9.17) is 16.2 Å². The quantitative estimate of drug-likeness (QED) is 0.806. The minimum atomic E-state index is -1.16. The fourth-order valence-corrected chi connectivity index (χ4v) is 1.85. The van der Waals surface area contributed by atoms with E-state index in [1.54, 1.807) is 36.4 Å². The van der Waals surface area contributed by atoms with E-state index >= 15 is 0 Å². The van der Waals surface area contributed by atoms with Gasteiger partial charge in [-0.05, 0) is 29.8 Å². The number of nitrogens with two attached hydrogens (primary N) is 2. The third-order valence-electron chi connectivity index (χ3n) is 2.74. The molecule has 0 saturated carbocycles. The van der Waals surface area contributed by atoms with Crippen molar-refractivity contribution in [3.05, 3.63) is 60.2 Å². The van der Waals surface area contributed by atoms with Crippen LogP contribution in [0.25, 0.3) is 0 Å². The number of benzene rings is 2. The minimum Gasteiger partial charge on any atom is -0.457 e. The Kier molecular flexibility index (Phi) is 4.00. The minimum absolute atomic E-state index is 0.415. The molecule has 0 atom stereocenters. The lowest BCUT2D eigenvalue weighted by Crippen LogP contribution is -2.32. The zero-order chi connectivity index (χ0) is 14.5. The van der Waals surface area contributed by atoms with Crippen molar-refractivity contribution in [3.63, 3.8) is 0 Å². The lowest BCUT2D eigenvalue weighted by atomic mass is 9.98. The fourth-order valence-electron chi connectivity index (χ4n) is 1.85. The van der Waals surface area contributed by atoms with Crippen LogP contribution >= 0.6 is 0 Å². The molecule has 0 unspecified atom stereocenters. The average molecular weight is 270 g/mol. The summed E-state index contributed by atoms with van der Waals surface area (Å²) in [7, 11) is 0. The molecule has 0 aliphatic rings. The van der Waals surface area contributed by atoms with Crippen molar-refractivity contribution >= 4 is 11.8 Å². The van der Waals surface area contributed by atoms with Gasteiger partial charge in [0.25, 0.3) is 0 Å². The molecular weight excluding hydrogens is 256 g/mol. The Balaban J connectivity index is 2.28. The van der Waals surface area contributed by atoms with E-state index in [0.29, 0.717) is 17.1 Å². The molecule has 0 aliphatic carbocycles. The maximum Gasteiger partial charge on any atom is 0.234 e. The Morgan fingerprint density at radius 1 is 0.850 bits per heavy atom. The summed E-state index contributed by atoms with van der Waals surface area (Å²) in [4.78, 5) is 22.6. The van der Waals surface area contributed by atoms with E-state index in [1.807, 2.05) is 18.2 Å². The van der Waals surface area contributed by atoms with Crippen LogP contribution in [0.1, 0.15) is 11.5 Å². The van der Waals surface area contributed by atoms with Crippen molar-refractivity contribution in [1.82, 2.24) is 0 Å². The van der Waals surface area contributed by atoms with Crippen LogP contribution in [0.4, 0.5) is 0 Å². The molecule has 5 heteroatoms. The van der Waals surface area contributed by atoms with Gasteiger partial charge in [0.2, 0.25) is 11.8 Å². The monoisotopic (exact) mass is 270 g/mol. The largest absolute Gasteiger partial charge is 0.457 e. The summed E-state index contributed by atoms with van der Waals surface area (Å²) in [6.07, 6.45) is 0. The molecule has 0 heterocycles. The van der Waals surface area contributed by atoms with Crippen molar-refractivity contribution in [2.45, 2.75) is 5.92 Å². The molecule has 0 aliphatic heterocycles. The second-order valence-electron chi connectivity index (χ2n) is 4.23. The Bertz CT molecular complexity index is 612. The van der Waals surface area contributed by atoms with Crippen LogP contribution in [-0.4, -0.2) is 11.8 Å². The molecule has 4 N–H and O–H groups in total. The van der Waals surface area contributed by atoms with Crippen molar-refractivity contribution in [1.29, 1.82) is 0 Å². The first kappa shape index (κ1) is 13.6. The molecule has 0 fully saturated rings. The summed E-state index contributed by atoms with van der Waals surface area (Å²) in [6, 6.07) is 15.7. The molecule has 2 amide bonds. The number of hydrogen-bond acceptors (Lipinski definition) is 3. The van der Waals surface area contributed by atoms with E-state index in [2.05, 4.69) is 0 Å². The first-order valence-electron chi connectivity index (χ1n) is 5.99. The van der Waals surface area contributed by atoms with Gasteiger partial charge in [-0.15, -0.1) is 0 Å². The summed E-state index contributed by atoms with van der Waals surface area (Å²) < 4.78 is 5.62. The predicted octanol–water partition coefficient (Wildman–Crippen LogP) is 1.53. The molecule has 0 aromatic heterocycles. The van der Waals surface area contributed by atoms with Crippen LogP contribution in [0.15, 0.2) is 54.6 Å². The highest BCUT2D eigenvalue weighted by Crippen LogP contribution is 2.25. The molecule has 2 aromatic rings. The van der Waals surface area contributed by atoms with Crippen molar-refractivity contribution in [2.24, 2.45) is 11.5 Å². The van der Waals surface area contributed by atoms with Crippen molar-refractivity contribution in [3.8, 4) is 11.5 Å². The number of hydrogen-bond donors (Lipinski definition) is 2. The third-order valence-corrected chi connectivity index (χ3v) is 2.74. The van der Waals surface area contributed by atoms with Gasteiger partial charge in [-0.1, -0.05) is 30.3 Å². The standard InChI is InChI=1S/C15H14N2O3/c16-14(18)13(15(17)19)10-5-4-8-12(9-10)20-11-6-2-1-3-7-11/h1-9,13H,(H2,16,18)(H2,17,19). The van der Waals surface area contributed by atoms with Gasteiger partial charge in [-0.25, -0.2) is 0 Å². The summed E-state index contributed by atoms with van der Waals surface area (Å²) in [5.74, 6) is -1.57. The van der Waals surface area contributed by atoms with Crippen molar-refractivity contribution < 1.29 is 14.3 Å². The second kappa shape index (κ2) is 5.88. The van der Waals surface area contributed by atoms with E-state index in [9.17, 15) is 9.59 Å². The number of carbonyl (C=O) groups is 2. The van der Waals surface area contributed by atoms with Crippen LogP contribution in [0.3, 0.4) is 0 Å². The van der Waals surface area contributed by atoms with Gasteiger partial charge in [0.05, 0.1) is 0 Å². The Morgan fingerprint density at radius 2 is 1.45 bits per heavy atom. The van der Waals surface area contributed by atoms with Gasteiger partial charge in [0.15, 0.2) is 0 Å². The molecule has 102 valence electrons. The van der Waals surface area contributed by atoms with Crippen LogP contribution < -0.4 is 16.2 Å². The summed E-state index contributed by atoms with van der Waals surface area (Å²) >= 11 is 0. The first-order valence-corrected chi connectivity index (χ1v) is 5.99. The highest BCUT2D eigenvalue weighted by Gasteiger charge is 2.24. The number of amides is 2. The highest BCUT2D eigenvalue weighted by atomic mass is 16.5. The molecule has 2 aromatic carbocycles. The predicted molar refractivity (Wildman–Crippen MR) is 74.1 cm³/mol. The lowest BCUT2D eigenvalue weighted by Gasteiger charge is -2.12. The molecule has 0 spiro atoms. The number of para-hydroxylation sites is 1. The van der Waals surface area contributed by atoms with Crippen LogP contribution in [0.2, 0.25) is 0 Å². The van der Waals surface area contributed by atoms with Crippen LogP contribution in [-0.2, 0) is 9.59 Å². The van der Waals surface area contributed by atoms with Crippen LogP contribution in [0.5, 0.6) is 11.5 Å². The zero-order valence-corrected chi connectivity index (χ0v) is 10.7. The lowest BCUT2D eigenvalue weighted by molar-refractivity contribution is -0.128. The van der Waals surface area contributed by atoms with E-state index < -0.39 is 17.7 Å². The Morgan fingerprint density at radius 3 is 2.05 bits per heavy atom. The number of carbonyl (C=O) groups excluding carboxylic acids is 2. The first-order chi connectivity index (χ1) is 9.58. The summed E-state index contributed by atoms with van der Waals surface area (Å²) in [5.41, 5.74) is 10.8. The zero-order valence-electron chi connectivity index (χ0n) is 10.7. The van der Waals surface area contributed by atoms with Gasteiger partial charge in [0.1, 0.15) is 17.4 Å². The molecule has 0 saturated heterocycles. The van der Waals surface area contributed by atoms with E-state index in [1.165, 1.54) is 0 Å². The van der Waals surface area contributed by atoms with Gasteiger partial charge < -0.3 is 16.2 Å². The van der Waals surface area contributed by atoms with Crippen molar-refractivity contribution in [2.75, 3.05) is 0 Å². The molecule has 5 nitrogen and oxygen atoms in total. The van der Waals surface area contributed by atoms with Gasteiger partial charge in [-0.2, -0.15) is 0 Å². The fraction of sp³-hybridized carbons (Fsp3) is 0.0667. The van der Waals surface area contributed by atoms with E-state index in [0.717, 1.165) is 0 Å². The summed E-state index contributed by atoms with van der Waals surface area (Å²) in [5, 5.41) is 0. The van der Waals surface area contributed by atoms with E-state index in [-0.39, 0.29) is 0 Å². The number of ether oxygens (including phenoxy) is 1. The second-order valence-corrected chi connectivity index (χ2v) is 4.23. The smallest absolute Gasteiger partial charge is 0.234 e. The molecule has 0 bridgehead atoms. The maximum atomic E-state index is 11.3. The normalized spacial score (nSPS) is 10.2. The molecular formula is C15H14N2O3. The molecule has 0 radical (unpaired) electrons. The molecule has 2 rings (SSSR count). The topological polar surface area (TPSA) is 95.4 Å². The van der Waals surface area contributed by atoms with Crippen LogP contribution in [0, 0.1) is 0 Å². The maximum absolute atomic E-state index is 11.3. The molecule has 20 heavy (non-hydrogen) atoms. The third kappa shape index (κ3) is 3.14. The Labute approximate surface area is 116 Å². The number of primary amides is 2. The van der Waals surface area contributed by atoms with Gasteiger partial charge >= 0.3 is 0 Å². The number of rotatable bonds is 5.